The van der Waals surface area contributed by atoms with E-state index in [0.717, 1.165) is 51.7 Å². The van der Waals surface area contributed by atoms with E-state index in [2.05, 4.69) is 31.0 Å². The smallest absolute Gasteiger partial charge is 0.223 e. The lowest BCUT2D eigenvalue weighted by atomic mass is 10.0. The van der Waals surface area contributed by atoms with Gasteiger partial charge < -0.3 is 10.2 Å². The molecule has 1 rings (SSSR count). The Morgan fingerprint density at radius 1 is 1.35 bits per heavy atom. The zero-order chi connectivity index (χ0) is 12.7. The van der Waals surface area contributed by atoms with Gasteiger partial charge in [-0.2, -0.15) is 0 Å². The molecule has 100 valence electrons. The second-order valence-electron chi connectivity index (χ2n) is 5.29. The van der Waals surface area contributed by atoms with Gasteiger partial charge in [0.15, 0.2) is 0 Å². The van der Waals surface area contributed by atoms with E-state index < -0.39 is 0 Å². The van der Waals surface area contributed by atoms with Gasteiger partial charge in [-0.1, -0.05) is 27.2 Å². The molecule has 1 atom stereocenters. The Kier molecular flexibility index (Phi) is 6.56. The number of hydrogen-bond donors (Lipinski definition) is 1. The molecule has 0 aromatic rings. The quantitative estimate of drug-likeness (QED) is 0.773. The lowest BCUT2D eigenvalue weighted by molar-refractivity contribution is -0.135. The molecule has 3 heteroatoms. The summed E-state index contributed by atoms with van der Waals surface area (Å²) in [5.74, 6) is 0.886. The maximum Gasteiger partial charge on any atom is 0.223 e. The highest BCUT2D eigenvalue weighted by atomic mass is 16.2. The monoisotopic (exact) mass is 240 g/mol. The lowest BCUT2D eigenvalue weighted by Gasteiger charge is -2.35. The summed E-state index contributed by atoms with van der Waals surface area (Å²) in [6.07, 6.45) is 5.12. The van der Waals surface area contributed by atoms with Crippen molar-refractivity contribution in [3.63, 3.8) is 0 Å². The van der Waals surface area contributed by atoms with Crippen LogP contribution in [0.5, 0.6) is 0 Å². The molecular formula is C14H28N2O. The van der Waals surface area contributed by atoms with Crippen molar-refractivity contribution in [1.29, 1.82) is 0 Å². The predicted molar refractivity (Wildman–Crippen MR) is 72.0 cm³/mol. The van der Waals surface area contributed by atoms with Gasteiger partial charge >= 0.3 is 0 Å². The van der Waals surface area contributed by atoms with E-state index >= 15 is 0 Å². The van der Waals surface area contributed by atoms with Gasteiger partial charge in [0.2, 0.25) is 5.91 Å². The molecule has 1 saturated heterocycles. The molecule has 0 bridgehead atoms. The highest BCUT2D eigenvalue weighted by Gasteiger charge is 2.25. The molecule has 3 nitrogen and oxygen atoms in total. The number of nitrogens with one attached hydrogen (secondary N) is 1. The summed E-state index contributed by atoms with van der Waals surface area (Å²) in [6.45, 7) is 9.53. The maximum absolute atomic E-state index is 12.3. The third kappa shape index (κ3) is 4.66. The average Bonchev–Trinajstić information content (AvgIpc) is 2.36. The van der Waals surface area contributed by atoms with Crippen LogP contribution < -0.4 is 5.32 Å². The Morgan fingerprint density at radius 2 is 2.00 bits per heavy atom. The zero-order valence-corrected chi connectivity index (χ0v) is 11.7. The molecule has 0 aromatic carbocycles. The van der Waals surface area contributed by atoms with E-state index in [1.165, 1.54) is 0 Å². The van der Waals surface area contributed by atoms with Crippen LogP contribution in [0.4, 0.5) is 0 Å². The summed E-state index contributed by atoms with van der Waals surface area (Å²) >= 11 is 0. The fourth-order valence-electron chi connectivity index (χ4n) is 2.43. The van der Waals surface area contributed by atoms with E-state index in [1.54, 1.807) is 0 Å². The van der Waals surface area contributed by atoms with E-state index in [9.17, 15) is 4.79 Å². The van der Waals surface area contributed by atoms with Crippen LogP contribution in [0.1, 0.15) is 52.9 Å². The predicted octanol–water partition coefficient (Wildman–Crippen LogP) is 2.41. The Morgan fingerprint density at radius 3 is 2.53 bits per heavy atom. The highest BCUT2D eigenvalue weighted by Crippen LogP contribution is 2.17. The molecule has 1 N–H and O–H groups in total. The van der Waals surface area contributed by atoms with Gasteiger partial charge in [-0.25, -0.2) is 0 Å². The van der Waals surface area contributed by atoms with Gasteiger partial charge in [0.1, 0.15) is 0 Å². The van der Waals surface area contributed by atoms with E-state index in [4.69, 9.17) is 0 Å². The Labute approximate surface area is 106 Å². The molecule has 0 aliphatic carbocycles. The molecule has 1 fully saturated rings. The minimum atomic E-state index is 0.369. The van der Waals surface area contributed by atoms with Crippen molar-refractivity contribution in [1.82, 2.24) is 10.2 Å². The minimum Gasteiger partial charge on any atom is -0.340 e. The van der Waals surface area contributed by atoms with E-state index in [1.807, 2.05) is 0 Å². The van der Waals surface area contributed by atoms with E-state index in [-0.39, 0.29) is 0 Å². The largest absolute Gasteiger partial charge is 0.340 e. The van der Waals surface area contributed by atoms with Gasteiger partial charge in [-0.05, 0) is 38.3 Å². The van der Waals surface area contributed by atoms with Crippen LogP contribution in [0.25, 0.3) is 0 Å². The summed E-state index contributed by atoms with van der Waals surface area (Å²) in [5, 5.41) is 3.36. The van der Waals surface area contributed by atoms with Crippen molar-refractivity contribution in [3.8, 4) is 0 Å². The second kappa shape index (κ2) is 7.70. The summed E-state index contributed by atoms with van der Waals surface area (Å²) in [5.41, 5.74) is 0. The first kappa shape index (κ1) is 14.5. The molecule has 0 radical (unpaired) electrons. The van der Waals surface area contributed by atoms with Crippen LogP contribution in [0, 0.1) is 5.92 Å². The van der Waals surface area contributed by atoms with Crippen molar-refractivity contribution in [3.05, 3.63) is 0 Å². The number of hydrogen-bond acceptors (Lipinski definition) is 2. The lowest BCUT2D eigenvalue weighted by Crippen LogP contribution is -2.46. The van der Waals surface area contributed by atoms with Crippen molar-refractivity contribution in [2.45, 2.75) is 58.9 Å². The Hall–Kier alpha value is -0.570. The number of rotatable bonds is 6. The first-order chi connectivity index (χ1) is 8.19. The Balaban J connectivity index is 2.53. The third-order valence-corrected chi connectivity index (χ3v) is 3.75. The standard InChI is InChI=1S/C14H28N2O/c1-4-10-16(13-6-8-15-9-7-13)14(17)11-12(3)5-2/h12-13,15H,4-11H2,1-3H3. The number of carbonyl (C=O) groups excluding carboxylic acids is 1. The topological polar surface area (TPSA) is 32.3 Å². The van der Waals surface area contributed by atoms with Crippen LogP contribution in [0.15, 0.2) is 0 Å². The zero-order valence-electron chi connectivity index (χ0n) is 11.7. The fourth-order valence-corrected chi connectivity index (χ4v) is 2.43. The van der Waals surface area contributed by atoms with E-state index in [0.29, 0.717) is 17.9 Å². The molecule has 0 aromatic heterocycles. The summed E-state index contributed by atoms with van der Waals surface area (Å²) in [4.78, 5) is 14.5. The minimum absolute atomic E-state index is 0.369. The molecule has 17 heavy (non-hydrogen) atoms. The first-order valence-electron chi connectivity index (χ1n) is 7.19. The molecule has 0 spiro atoms. The first-order valence-corrected chi connectivity index (χ1v) is 7.19. The normalized spacial score (nSPS) is 19.0. The average molecular weight is 240 g/mol. The van der Waals surface area contributed by atoms with Crippen molar-refractivity contribution >= 4 is 5.91 Å². The summed E-state index contributed by atoms with van der Waals surface area (Å²) in [6, 6.07) is 0.479. The Bertz CT molecular complexity index is 224. The number of nitrogens with zero attached hydrogens (tertiary/aromatic N) is 1. The van der Waals surface area contributed by atoms with Crippen LogP contribution in [-0.4, -0.2) is 36.5 Å². The van der Waals surface area contributed by atoms with Crippen LogP contribution in [-0.2, 0) is 4.79 Å². The summed E-state index contributed by atoms with van der Waals surface area (Å²) in [7, 11) is 0. The molecule has 1 aliphatic rings. The molecule has 1 heterocycles. The maximum atomic E-state index is 12.3. The number of carbonyl (C=O) groups is 1. The molecule has 1 aliphatic heterocycles. The van der Waals surface area contributed by atoms with Gasteiger partial charge in [0.05, 0.1) is 0 Å². The highest BCUT2D eigenvalue weighted by molar-refractivity contribution is 5.76. The van der Waals surface area contributed by atoms with Crippen molar-refractivity contribution in [2.75, 3.05) is 19.6 Å². The third-order valence-electron chi connectivity index (χ3n) is 3.75. The van der Waals surface area contributed by atoms with Crippen molar-refractivity contribution < 1.29 is 4.79 Å². The number of amides is 1. The second-order valence-corrected chi connectivity index (χ2v) is 5.29. The summed E-state index contributed by atoms with van der Waals surface area (Å²) < 4.78 is 0. The SMILES string of the molecule is CCCN(C(=O)CC(C)CC)C1CCNCC1. The molecule has 1 unspecified atom stereocenters. The van der Waals surface area contributed by atoms with Crippen LogP contribution in [0.2, 0.25) is 0 Å². The fraction of sp³-hybridized carbons (Fsp3) is 0.929. The molecule has 0 saturated carbocycles. The van der Waals surface area contributed by atoms with Gasteiger partial charge in [0.25, 0.3) is 0 Å². The van der Waals surface area contributed by atoms with Gasteiger partial charge in [-0.15, -0.1) is 0 Å². The molecule has 1 amide bonds. The number of piperidine rings is 1. The van der Waals surface area contributed by atoms with Crippen LogP contribution >= 0.6 is 0 Å². The van der Waals surface area contributed by atoms with Gasteiger partial charge in [-0.3, -0.25) is 4.79 Å². The molecular weight excluding hydrogens is 212 g/mol. The van der Waals surface area contributed by atoms with Crippen LogP contribution in [0.3, 0.4) is 0 Å². The van der Waals surface area contributed by atoms with Gasteiger partial charge in [0, 0.05) is 19.0 Å². The van der Waals surface area contributed by atoms with Crippen molar-refractivity contribution in [2.24, 2.45) is 5.92 Å².